The number of rotatable bonds is 8. The van der Waals surface area contributed by atoms with E-state index in [0.29, 0.717) is 12.0 Å². The highest BCUT2D eigenvalue weighted by atomic mass is 16.5. The summed E-state index contributed by atoms with van der Waals surface area (Å²) in [6.45, 7) is 16.1. The summed E-state index contributed by atoms with van der Waals surface area (Å²) in [5.74, 6) is 0.469. The molecular formula is C15H31NO. The molecule has 102 valence electrons. The van der Waals surface area contributed by atoms with Crippen molar-refractivity contribution in [1.29, 1.82) is 0 Å². The van der Waals surface area contributed by atoms with Crippen molar-refractivity contribution in [1.82, 2.24) is 0 Å². The molecule has 0 aliphatic heterocycles. The zero-order valence-electron chi connectivity index (χ0n) is 12.8. The Morgan fingerprint density at radius 3 is 2.06 bits per heavy atom. The molecule has 0 heterocycles. The summed E-state index contributed by atoms with van der Waals surface area (Å²) in [7, 11) is 0. The first-order valence-electron chi connectivity index (χ1n) is 7.09. The normalized spacial score (nSPS) is 16.6. The van der Waals surface area contributed by atoms with E-state index < -0.39 is 0 Å². The van der Waals surface area contributed by atoms with Crippen molar-refractivity contribution < 1.29 is 4.74 Å². The van der Waals surface area contributed by atoms with Crippen LogP contribution < -0.4 is 0 Å². The van der Waals surface area contributed by atoms with Gasteiger partial charge in [0.1, 0.15) is 5.60 Å². The van der Waals surface area contributed by atoms with E-state index >= 15 is 0 Å². The zero-order valence-corrected chi connectivity index (χ0v) is 12.8. The van der Waals surface area contributed by atoms with Gasteiger partial charge in [-0.3, -0.25) is 4.99 Å². The zero-order chi connectivity index (χ0) is 13.5. The van der Waals surface area contributed by atoms with E-state index in [0.717, 1.165) is 31.6 Å². The molecule has 0 aromatic carbocycles. The van der Waals surface area contributed by atoms with Crippen LogP contribution in [0, 0.1) is 5.92 Å². The first kappa shape index (κ1) is 16.6. The molecule has 0 aliphatic carbocycles. The monoisotopic (exact) mass is 241 g/mol. The molecule has 1 atom stereocenters. The van der Waals surface area contributed by atoms with Crippen LogP contribution in [0.15, 0.2) is 4.99 Å². The minimum atomic E-state index is -0.158. The lowest BCUT2D eigenvalue weighted by molar-refractivity contribution is -0.0318. The summed E-state index contributed by atoms with van der Waals surface area (Å²) >= 11 is 0. The molecule has 0 N–H and O–H groups in total. The molecule has 0 saturated heterocycles. The third-order valence-electron chi connectivity index (χ3n) is 3.18. The second-order valence-corrected chi connectivity index (χ2v) is 5.45. The maximum atomic E-state index is 6.21. The second-order valence-electron chi connectivity index (χ2n) is 5.45. The van der Waals surface area contributed by atoms with Gasteiger partial charge in [0.2, 0.25) is 0 Å². The van der Waals surface area contributed by atoms with Crippen LogP contribution in [-0.4, -0.2) is 24.0 Å². The Kier molecular flexibility index (Phi) is 7.69. The lowest BCUT2D eigenvalue weighted by atomic mass is 9.81. The SMILES string of the molecule is CCCOC(CCC)(C(C)=NC(C)C)C(C)C. The summed E-state index contributed by atoms with van der Waals surface area (Å²) in [4.78, 5) is 4.73. The summed E-state index contributed by atoms with van der Waals surface area (Å²) in [6, 6.07) is 0.343. The molecule has 0 radical (unpaired) electrons. The van der Waals surface area contributed by atoms with Crippen LogP contribution in [0.1, 0.15) is 67.7 Å². The van der Waals surface area contributed by atoms with E-state index in [1.54, 1.807) is 0 Å². The number of hydrogen-bond donors (Lipinski definition) is 0. The Balaban J connectivity index is 5.14. The lowest BCUT2D eigenvalue weighted by Crippen LogP contribution is -2.46. The average Bonchev–Trinajstić information content (AvgIpc) is 2.22. The Morgan fingerprint density at radius 1 is 1.12 bits per heavy atom. The summed E-state index contributed by atoms with van der Waals surface area (Å²) in [5, 5.41) is 0. The predicted molar refractivity (Wildman–Crippen MR) is 77.0 cm³/mol. The first-order chi connectivity index (χ1) is 7.90. The fourth-order valence-corrected chi connectivity index (χ4v) is 2.38. The maximum Gasteiger partial charge on any atom is 0.108 e. The smallest absolute Gasteiger partial charge is 0.108 e. The van der Waals surface area contributed by atoms with Gasteiger partial charge in [-0.25, -0.2) is 0 Å². The van der Waals surface area contributed by atoms with Crippen LogP contribution in [-0.2, 0) is 4.74 Å². The van der Waals surface area contributed by atoms with Gasteiger partial charge in [0.25, 0.3) is 0 Å². The highest BCUT2D eigenvalue weighted by Crippen LogP contribution is 2.30. The van der Waals surface area contributed by atoms with Gasteiger partial charge in [-0.15, -0.1) is 0 Å². The summed E-state index contributed by atoms with van der Waals surface area (Å²) in [6.07, 6.45) is 3.26. The molecule has 0 aromatic heterocycles. The number of ether oxygens (including phenoxy) is 1. The Hall–Kier alpha value is -0.370. The number of hydrogen-bond acceptors (Lipinski definition) is 2. The molecule has 0 bridgehead atoms. The highest BCUT2D eigenvalue weighted by molar-refractivity contribution is 5.91. The minimum absolute atomic E-state index is 0.158. The number of nitrogens with zero attached hydrogens (tertiary/aromatic N) is 1. The lowest BCUT2D eigenvalue weighted by Gasteiger charge is -2.38. The Labute approximate surface area is 108 Å². The molecule has 0 aromatic rings. The Bertz CT molecular complexity index is 233. The van der Waals surface area contributed by atoms with Crippen molar-refractivity contribution in [3.05, 3.63) is 0 Å². The molecule has 0 saturated carbocycles. The molecule has 2 heteroatoms. The van der Waals surface area contributed by atoms with Crippen molar-refractivity contribution in [2.45, 2.75) is 79.4 Å². The quantitative estimate of drug-likeness (QED) is 0.574. The van der Waals surface area contributed by atoms with Crippen LogP contribution in [0.3, 0.4) is 0 Å². The van der Waals surface area contributed by atoms with Crippen molar-refractivity contribution >= 4 is 5.71 Å². The van der Waals surface area contributed by atoms with Gasteiger partial charge < -0.3 is 4.74 Å². The van der Waals surface area contributed by atoms with Gasteiger partial charge in [0.15, 0.2) is 0 Å². The molecule has 1 unspecified atom stereocenters. The molecule has 0 amide bonds. The third kappa shape index (κ3) is 4.79. The van der Waals surface area contributed by atoms with Crippen molar-refractivity contribution in [3.8, 4) is 0 Å². The van der Waals surface area contributed by atoms with Gasteiger partial charge in [0, 0.05) is 18.4 Å². The van der Waals surface area contributed by atoms with Crippen molar-refractivity contribution in [2.24, 2.45) is 10.9 Å². The van der Waals surface area contributed by atoms with Gasteiger partial charge >= 0.3 is 0 Å². The second kappa shape index (κ2) is 7.86. The van der Waals surface area contributed by atoms with E-state index in [4.69, 9.17) is 9.73 Å². The molecule has 0 fully saturated rings. The Morgan fingerprint density at radius 2 is 1.71 bits per heavy atom. The largest absolute Gasteiger partial charge is 0.369 e. The van der Waals surface area contributed by atoms with E-state index in [9.17, 15) is 0 Å². The standard InChI is InChI=1S/C15H31NO/c1-8-10-15(12(3)4,17-11-9-2)14(7)16-13(5)6/h12-13H,8-11H2,1-7H3. The van der Waals surface area contributed by atoms with Crippen LogP contribution in [0.25, 0.3) is 0 Å². The highest BCUT2D eigenvalue weighted by Gasteiger charge is 2.36. The topological polar surface area (TPSA) is 21.6 Å². The molecular weight excluding hydrogens is 210 g/mol. The van der Waals surface area contributed by atoms with Gasteiger partial charge in [-0.2, -0.15) is 0 Å². The van der Waals surface area contributed by atoms with Crippen LogP contribution in [0.4, 0.5) is 0 Å². The van der Waals surface area contributed by atoms with Crippen LogP contribution >= 0.6 is 0 Å². The van der Waals surface area contributed by atoms with E-state index in [1.807, 2.05) is 0 Å². The van der Waals surface area contributed by atoms with Crippen LogP contribution in [0.5, 0.6) is 0 Å². The molecule has 2 nitrogen and oxygen atoms in total. The summed E-state index contributed by atoms with van der Waals surface area (Å²) < 4.78 is 6.21. The minimum Gasteiger partial charge on any atom is -0.369 e. The van der Waals surface area contributed by atoms with Gasteiger partial charge in [-0.05, 0) is 39.5 Å². The van der Waals surface area contributed by atoms with Crippen molar-refractivity contribution in [3.63, 3.8) is 0 Å². The molecule has 0 spiro atoms. The third-order valence-corrected chi connectivity index (χ3v) is 3.18. The van der Waals surface area contributed by atoms with E-state index in [-0.39, 0.29) is 5.60 Å². The van der Waals surface area contributed by atoms with Crippen LogP contribution in [0.2, 0.25) is 0 Å². The fourth-order valence-electron chi connectivity index (χ4n) is 2.38. The fraction of sp³-hybridized carbons (Fsp3) is 0.933. The van der Waals surface area contributed by atoms with Crippen molar-refractivity contribution in [2.75, 3.05) is 6.61 Å². The van der Waals surface area contributed by atoms with E-state index in [2.05, 4.69) is 48.5 Å². The van der Waals surface area contributed by atoms with Gasteiger partial charge in [0.05, 0.1) is 0 Å². The maximum absolute atomic E-state index is 6.21. The molecule has 0 aliphatic rings. The number of aliphatic imine (C=N–C) groups is 1. The predicted octanol–water partition coefficient (Wildman–Crippen LogP) is 4.48. The molecule has 0 rings (SSSR count). The van der Waals surface area contributed by atoms with E-state index in [1.165, 1.54) is 0 Å². The average molecular weight is 241 g/mol. The summed E-state index contributed by atoms with van der Waals surface area (Å²) in [5.41, 5.74) is 1.01. The van der Waals surface area contributed by atoms with Gasteiger partial charge in [-0.1, -0.05) is 34.1 Å². The molecule has 17 heavy (non-hydrogen) atoms. The first-order valence-corrected chi connectivity index (χ1v) is 7.09.